The Morgan fingerprint density at radius 2 is 0.574 bits per heavy atom. The van der Waals surface area contributed by atoms with Crippen LogP contribution in [0.4, 0.5) is 28.4 Å². The number of nitrogens with two attached hydrogens (primary N) is 1. The van der Waals surface area contributed by atoms with Crippen molar-refractivity contribution in [2.75, 3.05) is 20.6 Å². The van der Waals surface area contributed by atoms with Crippen molar-refractivity contribution >= 4 is 218 Å². The lowest BCUT2D eigenvalue weighted by Gasteiger charge is -2.20. The molecule has 0 aliphatic carbocycles. The van der Waals surface area contributed by atoms with Gasteiger partial charge in [0.25, 0.3) is 109 Å². The number of nitrogens with zero attached hydrogens (tertiary/aromatic N) is 6. The molecule has 0 spiro atoms. The Hall–Kier alpha value is -12.1. The number of anilines is 5. The SMILES string of the molecule is CC(C)(C)OC(=O)c1ccc(N)cc1.CC(C)(C)OC(=O)c1ccc(N2S(=O)(=O)c3ccccc3S2(=O)=O)cc1.Cl.O=C(Cc1ccccn1)c1ccc(N2S(=O)(=O)c3ccccc3S2(=O)=O)cc1.O=C(Cl)c1ccc(N2S(=O)(=O)c3ccccc3S2(=O)=O)cc1.O=C(Cl)c1ccccn1.O=C(O)c1ccc(N2S(=O)(=O)c3ccccc3S2(=O)=O)cc1.O=S(=O)(Cl)c1ccccc1S(=O)(=O)Cl. The number of carbonyl (C=O) groups excluding carboxylic acids is 5. The third-order valence-electron chi connectivity index (χ3n) is 18.0. The second kappa shape index (κ2) is 41.8. The fourth-order valence-corrected chi connectivity index (χ4v) is 33.0. The largest absolute Gasteiger partial charge is 0.478 e. The Morgan fingerprint density at radius 1 is 0.331 bits per heavy atom. The number of aromatic nitrogens is 2. The predicted octanol–water partition coefficient (Wildman–Crippen LogP) is 13.8. The van der Waals surface area contributed by atoms with Gasteiger partial charge in [-0.25, -0.2) is 31.2 Å². The molecule has 16 rings (SSSR count). The number of hydrogen-bond acceptors (Lipinski definition) is 31. The number of carboxylic acids is 1. The third kappa shape index (κ3) is 24.3. The molecule has 10 aromatic carbocycles. The van der Waals surface area contributed by atoms with Crippen molar-refractivity contribution in [3.05, 3.63) is 331 Å². The number of benzene rings is 10. The predicted molar refractivity (Wildman–Crippen MR) is 504 cm³/mol. The Bertz CT molecular complexity index is 7480. The van der Waals surface area contributed by atoms with E-state index in [0.717, 1.165) is 36.4 Å². The van der Waals surface area contributed by atoms with E-state index >= 15 is 0 Å². The molecular weight excluding hydrogens is 2080 g/mol. The highest BCUT2D eigenvalue weighted by Crippen LogP contribution is 2.45. The van der Waals surface area contributed by atoms with Gasteiger partial charge in [0.15, 0.2) is 5.78 Å². The van der Waals surface area contributed by atoms with Gasteiger partial charge in [-0.3, -0.25) is 24.4 Å². The van der Waals surface area contributed by atoms with E-state index in [-0.39, 0.29) is 109 Å². The summed E-state index contributed by atoms with van der Waals surface area (Å²) in [5.74, 6) is -2.31. The Kier molecular flexibility index (Phi) is 33.1. The number of hydrogen-bond donors (Lipinski definition) is 2. The van der Waals surface area contributed by atoms with Crippen LogP contribution in [0.3, 0.4) is 0 Å². The first-order chi connectivity index (χ1) is 62.7. The van der Waals surface area contributed by atoms with Gasteiger partial charge in [-0.05, 0) is 271 Å². The molecule has 0 saturated heterocycles. The first-order valence-electron chi connectivity index (χ1n) is 38.0. The molecule has 4 aliphatic rings. The molecule has 0 amide bonds. The molecule has 3 N–H and O–H groups in total. The second-order valence-electron chi connectivity index (χ2n) is 29.7. The lowest BCUT2D eigenvalue weighted by Crippen LogP contribution is -2.30. The number of rotatable bonds is 14. The van der Waals surface area contributed by atoms with Crippen LogP contribution in [0.5, 0.6) is 0 Å². The molecule has 0 radical (unpaired) electrons. The normalized spacial score (nSPS) is 15.6. The number of carbonyl (C=O) groups is 6. The van der Waals surface area contributed by atoms with E-state index in [2.05, 4.69) is 9.97 Å². The number of sulfonamides is 8. The van der Waals surface area contributed by atoms with Crippen LogP contribution in [0, 0.1) is 0 Å². The van der Waals surface area contributed by atoms with Gasteiger partial charge in [-0.2, -0.15) is 82.2 Å². The first kappa shape index (κ1) is 108. The van der Waals surface area contributed by atoms with Crippen LogP contribution in [0.15, 0.2) is 340 Å². The topological polar surface area (TPSA) is 547 Å². The molecule has 2 aromatic heterocycles. The van der Waals surface area contributed by atoms with Gasteiger partial charge in [-0.1, -0.05) is 72.8 Å². The van der Waals surface area contributed by atoms with E-state index < -0.39 is 142 Å². The number of halogens is 5. The number of Topliss-reactive ketones (excluding diaryl/α,β-unsaturated/α-hetero) is 1. The molecule has 51 heteroatoms. The van der Waals surface area contributed by atoms with E-state index in [0.29, 0.717) is 43.0 Å². The van der Waals surface area contributed by atoms with Gasteiger partial charge in [0.2, 0.25) is 0 Å². The zero-order chi connectivity index (χ0) is 100.0. The van der Waals surface area contributed by atoms with E-state index in [1.807, 2.05) is 20.8 Å². The summed E-state index contributed by atoms with van der Waals surface area (Å²) in [7, 11) is -32.0. The van der Waals surface area contributed by atoms with E-state index in [4.69, 9.17) is 64.9 Å². The minimum atomic E-state index is -4.24. The van der Waals surface area contributed by atoms with Gasteiger partial charge in [0.1, 0.15) is 65.9 Å². The lowest BCUT2D eigenvalue weighted by atomic mass is 10.1. The van der Waals surface area contributed by atoms with Crippen molar-refractivity contribution in [3.63, 3.8) is 0 Å². The summed E-state index contributed by atoms with van der Waals surface area (Å²) in [6, 6.07) is 63.5. The van der Waals surface area contributed by atoms with Crippen LogP contribution in [-0.4, -0.2) is 145 Å². The summed E-state index contributed by atoms with van der Waals surface area (Å²) in [5, 5.41) is 7.60. The average molecular weight is 2150 g/mol. The van der Waals surface area contributed by atoms with Gasteiger partial charge in [0, 0.05) is 56.3 Å². The Labute approximate surface area is 807 Å². The van der Waals surface area contributed by atoms with Crippen molar-refractivity contribution in [3.8, 4) is 0 Å². The maximum Gasteiger partial charge on any atom is 0.338 e. The molecule has 0 fully saturated rings. The molecule has 0 unspecified atom stereocenters. The van der Waals surface area contributed by atoms with E-state index in [1.165, 1.54) is 188 Å². The van der Waals surface area contributed by atoms with E-state index in [1.54, 1.807) is 87.6 Å². The van der Waals surface area contributed by atoms with Crippen LogP contribution in [0.1, 0.15) is 110 Å². The number of nitrogen functional groups attached to an aromatic ring is 1. The Morgan fingerprint density at radius 3 is 0.801 bits per heavy atom. The number of carboxylic acid groups (broad SMARTS) is 1. The summed E-state index contributed by atoms with van der Waals surface area (Å²) in [5.41, 5.74) is 6.66. The van der Waals surface area contributed by atoms with Crippen LogP contribution in [0.25, 0.3) is 0 Å². The monoisotopic (exact) mass is 2150 g/mol. The van der Waals surface area contributed by atoms with Crippen molar-refractivity contribution in [1.82, 2.24) is 9.97 Å². The molecule has 0 saturated carbocycles. The molecule has 4 aliphatic heterocycles. The fourth-order valence-electron chi connectivity index (χ4n) is 12.2. The van der Waals surface area contributed by atoms with Crippen LogP contribution in [-0.2, 0) is 114 Å². The molecule has 36 nitrogen and oxygen atoms in total. The standard InChI is InChI=1S/C19H14N2O5S2.C17H17NO6S2.C13H8ClNO5S2.C13H9NO6S2.C11H15NO2.C6H4Cl2O4S2.C6H4ClNO.ClH/c22-17(13-15-5-3-4-12-20-15)14-8-10-16(11-9-14)21-27(23,24)18-6-1-2-7-19(18)28(21,25)26;1-17(2,3)24-16(19)12-8-10-13(11-9-12)18-25(20,21)14-6-4-5-7-15(14)26(18,22)23;14-13(16)9-5-7-10(8-6-9)15-21(17,18)11-3-1-2-4-12(11)22(15,19)20;15-13(16)9-5-7-10(8-6-9)14-21(17,18)11-3-1-2-4-12(11)22(14,19)20;1-11(2,3)14-10(13)8-4-6-9(12)7-5-8;7-13(9,10)5-3-1-2-4-6(5)14(8,11)12;7-6(9)5-3-1-2-4-8-5;/h1-12H,13H2;4-11H,1-3H3;1-8H;1-8H,(H,15,16);4-7H,12H2,1-3H3;1-4H;1-4H;1H. The van der Waals surface area contributed by atoms with Crippen molar-refractivity contribution in [2.45, 2.75) is 108 Å². The smallest absolute Gasteiger partial charge is 0.338 e. The number of aromatic carboxylic acids is 1. The highest BCUT2D eigenvalue weighted by atomic mass is 35.7. The maximum atomic E-state index is 12.7. The maximum absolute atomic E-state index is 12.7. The van der Waals surface area contributed by atoms with Gasteiger partial charge < -0.3 is 20.3 Å². The highest BCUT2D eigenvalue weighted by molar-refractivity contribution is 8.16. The minimum Gasteiger partial charge on any atom is -0.478 e. The molecule has 0 atom stereocenters. The average Bonchev–Trinajstić information content (AvgIpc) is 1.58. The van der Waals surface area contributed by atoms with Gasteiger partial charge in [0.05, 0.1) is 45.9 Å². The zero-order valence-corrected chi connectivity index (χ0v) is 82.6. The fraction of sp³-hybridized carbons (Fsp3) is 0.106. The summed E-state index contributed by atoms with van der Waals surface area (Å²) in [4.78, 5) is 72.7. The number of ketones is 1. The third-order valence-corrected chi connectivity index (χ3v) is 39.0. The number of pyridine rings is 2. The molecule has 6 heterocycles. The molecule has 716 valence electrons. The molecule has 136 heavy (non-hydrogen) atoms. The second-order valence-corrected chi connectivity index (χ2v) is 50.5. The molecule has 12 aromatic rings. The summed E-state index contributed by atoms with van der Waals surface area (Å²) in [6.45, 7) is 10.7. The van der Waals surface area contributed by atoms with E-state index in [9.17, 15) is 113 Å². The first-order valence-corrected chi connectivity index (χ1v) is 54.9. The van der Waals surface area contributed by atoms with Crippen molar-refractivity contribution in [1.29, 1.82) is 0 Å². The highest BCUT2D eigenvalue weighted by Gasteiger charge is 2.51. The van der Waals surface area contributed by atoms with Gasteiger partial charge >= 0.3 is 17.9 Å². The van der Waals surface area contributed by atoms with Crippen molar-refractivity contribution in [2.24, 2.45) is 0 Å². The lowest BCUT2D eigenvalue weighted by molar-refractivity contribution is 0.00570. The number of fused-ring (bicyclic) bond motifs is 4. The minimum absolute atomic E-state index is 0. The molecular formula is C85H72Cl5N7O29S10. The van der Waals surface area contributed by atoms with Crippen molar-refractivity contribution < 1.29 is 128 Å². The quantitative estimate of drug-likeness (QED) is 0.0442. The zero-order valence-electron chi connectivity index (χ0n) is 70.6. The van der Waals surface area contributed by atoms with Gasteiger partial charge in [-0.15, -0.1) is 12.4 Å². The summed E-state index contributed by atoms with van der Waals surface area (Å²) < 4.78 is 257. The molecule has 0 bridgehead atoms. The number of esters is 2. The summed E-state index contributed by atoms with van der Waals surface area (Å²) >= 11 is 10.4. The van der Waals surface area contributed by atoms with Crippen LogP contribution >= 0.6 is 57.0 Å². The van der Waals surface area contributed by atoms with Crippen LogP contribution < -0.4 is 20.6 Å². The van der Waals surface area contributed by atoms with Crippen LogP contribution in [0.2, 0.25) is 0 Å². The Balaban J connectivity index is 0.000000182. The number of ether oxygens (including phenoxy) is 2. The summed E-state index contributed by atoms with van der Waals surface area (Å²) in [6.07, 6.45) is 3.20.